The normalized spacial score (nSPS) is 18.4. The molecule has 0 radical (unpaired) electrons. The topological polar surface area (TPSA) is 49.9 Å². The van der Waals surface area contributed by atoms with Crippen molar-refractivity contribution < 1.29 is 14.3 Å². The van der Waals surface area contributed by atoms with Gasteiger partial charge >= 0.3 is 0 Å². The van der Waals surface area contributed by atoms with Gasteiger partial charge in [-0.3, -0.25) is 9.59 Å². The smallest absolute Gasteiger partial charge is 0.222 e. The molecule has 0 atom stereocenters. The average molecular weight is 373 g/mol. The highest BCUT2D eigenvalue weighted by Gasteiger charge is 2.25. The van der Waals surface area contributed by atoms with Gasteiger partial charge < -0.3 is 14.5 Å². The number of nitrogens with zero attached hydrogens (tertiary/aromatic N) is 2. The molecule has 1 saturated heterocycles. The van der Waals surface area contributed by atoms with Crippen molar-refractivity contribution in [3.8, 4) is 5.75 Å². The number of carbonyl (C=O) groups is 2. The zero-order valence-corrected chi connectivity index (χ0v) is 16.5. The zero-order valence-electron chi connectivity index (χ0n) is 16.5. The van der Waals surface area contributed by atoms with E-state index in [2.05, 4.69) is 0 Å². The Morgan fingerprint density at radius 2 is 1.56 bits per heavy atom. The molecule has 148 valence electrons. The molecular formula is C22H32N2O3. The Hall–Kier alpha value is -2.04. The third-order valence-corrected chi connectivity index (χ3v) is 5.93. The Morgan fingerprint density at radius 1 is 0.926 bits per heavy atom. The SMILES string of the molecule is COc1ccc(CCC(=O)N2CCCN(C(=O)CC3CCCC3)CC2)cc1. The molecule has 1 aliphatic heterocycles. The van der Waals surface area contributed by atoms with Gasteiger partial charge in [0, 0.05) is 39.0 Å². The predicted molar refractivity (Wildman–Crippen MR) is 106 cm³/mol. The van der Waals surface area contributed by atoms with Crippen LogP contribution in [0.4, 0.5) is 0 Å². The summed E-state index contributed by atoms with van der Waals surface area (Å²) in [5.74, 6) is 1.90. The first kappa shape index (κ1) is 19.7. The summed E-state index contributed by atoms with van der Waals surface area (Å²) in [7, 11) is 1.65. The highest BCUT2D eigenvalue weighted by molar-refractivity contribution is 5.78. The van der Waals surface area contributed by atoms with E-state index in [0.29, 0.717) is 31.8 Å². The Bertz CT molecular complexity index is 623. The van der Waals surface area contributed by atoms with Crippen molar-refractivity contribution in [1.29, 1.82) is 0 Å². The van der Waals surface area contributed by atoms with Crippen LogP contribution in [0.5, 0.6) is 5.75 Å². The lowest BCUT2D eigenvalue weighted by Gasteiger charge is -2.23. The predicted octanol–water partition coefficient (Wildman–Crippen LogP) is 3.27. The van der Waals surface area contributed by atoms with Crippen LogP contribution in [0.25, 0.3) is 0 Å². The van der Waals surface area contributed by atoms with Gasteiger partial charge in [0.1, 0.15) is 5.75 Å². The number of ether oxygens (including phenoxy) is 1. The minimum absolute atomic E-state index is 0.191. The van der Waals surface area contributed by atoms with Gasteiger partial charge in [-0.2, -0.15) is 0 Å². The summed E-state index contributed by atoms with van der Waals surface area (Å²) in [6.45, 7) is 2.89. The van der Waals surface area contributed by atoms with Crippen molar-refractivity contribution in [2.24, 2.45) is 5.92 Å². The molecule has 1 aromatic carbocycles. The number of hydrogen-bond acceptors (Lipinski definition) is 3. The van der Waals surface area contributed by atoms with Gasteiger partial charge in [-0.15, -0.1) is 0 Å². The lowest BCUT2D eigenvalue weighted by molar-refractivity contribution is -0.134. The van der Waals surface area contributed by atoms with Crippen LogP contribution in [-0.2, 0) is 16.0 Å². The van der Waals surface area contributed by atoms with E-state index in [9.17, 15) is 9.59 Å². The molecule has 0 bridgehead atoms. The fourth-order valence-electron chi connectivity index (χ4n) is 4.21. The molecule has 1 aromatic rings. The molecule has 0 unspecified atom stereocenters. The molecule has 27 heavy (non-hydrogen) atoms. The second-order valence-corrected chi connectivity index (χ2v) is 7.82. The Labute approximate surface area is 162 Å². The summed E-state index contributed by atoms with van der Waals surface area (Å²) < 4.78 is 5.17. The Morgan fingerprint density at radius 3 is 2.19 bits per heavy atom. The third-order valence-electron chi connectivity index (χ3n) is 5.93. The number of methoxy groups -OCH3 is 1. The summed E-state index contributed by atoms with van der Waals surface area (Å²) in [6.07, 6.45) is 7.79. The average Bonchev–Trinajstić information content (AvgIpc) is 3.07. The van der Waals surface area contributed by atoms with Crippen molar-refractivity contribution in [2.45, 2.75) is 51.4 Å². The van der Waals surface area contributed by atoms with Gasteiger partial charge in [-0.25, -0.2) is 0 Å². The summed E-state index contributed by atoms with van der Waals surface area (Å²) in [5, 5.41) is 0. The van der Waals surface area contributed by atoms with Crippen LogP contribution in [-0.4, -0.2) is 54.9 Å². The van der Waals surface area contributed by atoms with E-state index < -0.39 is 0 Å². The van der Waals surface area contributed by atoms with Crippen molar-refractivity contribution in [1.82, 2.24) is 9.80 Å². The highest BCUT2D eigenvalue weighted by atomic mass is 16.5. The monoisotopic (exact) mass is 372 g/mol. The number of amides is 2. The second-order valence-electron chi connectivity index (χ2n) is 7.82. The highest BCUT2D eigenvalue weighted by Crippen LogP contribution is 2.28. The van der Waals surface area contributed by atoms with Crippen LogP contribution in [0.1, 0.15) is 50.5 Å². The minimum Gasteiger partial charge on any atom is -0.497 e. The maximum Gasteiger partial charge on any atom is 0.222 e. The second kappa shape index (κ2) is 9.77. The first-order valence-corrected chi connectivity index (χ1v) is 10.3. The van der Waals surface area contributed by atoms with Crippen molar-refractivity contribution in [3.05, 3.63) is 29.8 Å². The van der Waals surface area contributed by atoms with E-state index in [4.69, 9.17) is 4.74 Å². The first-order chi connectivity index (χ1) is 13.2. The number of carbonyl (C=O) groups excluding carboxylic acids is 2. The fraction of sp³-hybridized carbons (Fsp3) is 0.636. The molecule has 3 rings (SSSR count). The lowest BCUT2D eigenvalue weighted by atomic mass is 10.0. The van der Waals surface area contributed by atoms with E-state index in [1.165, 1.54) is 25.7 Å². The number of rotatable bonds is 6. The molecule has 5 nitrogen and oxygen atoms in total. The maximum atomic E-state index is 12.6. The molecule has 0 aromatic heterocycles. The molecule has 2 aliphatic rings. The molecule has 0 N–H and O–H groups in total. The van der Waals surface area contributed by atoms with E-state index in [1.54, 1.807) is 7.11 Å². The number of benzene rings is 1. The molecule has 1 heterocycles. The Kier molecular flexibility index (Phi) is 7.13. The largest absolute Gasteiger partial charge is 0.497 e. The molecule has 2 amide bonds. The maximum absolute atomic E-state index is 12.6. The number of aryl methyl sites for hydroxylation is 1. The van der Waals surface area contributed by atoms with Gasteiger partial charge in [0.25, 0.3) is 0 Å². The molecule has 2 fully saturated rings. The summed E-state index contributed by atoms with van der Waals surface area (Å²) in [5.41, 5.74) is 1.15. The Balaban J connectivity index is 1.43. The lowest BCUT2D eigenvalue weighted by Crippen LogP contribution is -2.37. The third kappa shape index (κ3) is 5.72. The van der Waals surface area contributed by atoms with E-state index in [-0.39, 0.29) is 11.8 Å². The summed E-state index contributed by atoms with van der Waals surface area (Å²) in [4.78, 5) is 29.1. The van der Waals surface area contributed by atoms with Gasteiger partial charge in [0.15, 0.2) is 0 Å². The molecule has 1 aliphatic carbocycles. The first-order valence-electron chi connectivity index (χ1n) is 10.3. The molecule has 0 spiro atoms. The quantitative estimate of drug-likeness (QED) is 0.770. The van der Waals surface area contributed by atoms with Gasteiger partial charge in [-0.1, -0.05) is 25.0 Å². The van der Waals surface area contributed by atoms with Gasteiger partial charge in [-0.05, 0) is 49.3 Å². The van der Waals surface area contributed by atoms with Crippen LogP contribution in [0.2, 0.25) is 0 Å². The number of hydrogen-bond donors (Lipinski definition) is 0. The zero-order chi connectivity index (χ0) is 19.1. The van der Waals surface area contributed by atoms with E-state index in [1.807, 2.05) is 34.1 Å². The van der Waals surface area contributed by atoms with Crippen molar-refractivity contribution >= 4 is 11.8 Å². The van der Waals surface area contributed by atoms with Crippen LogP contribution < -0.4 is 4.74 Å². The fourth-order valence-corrected chi connectivity index (χ4v) is 4.21. The van der Waals surface area contributed by atoms with Crippen molar-refractivity contribution in [2.75, 3.05) is 33.3 Å². The molecule has 1 saturated carbocycles. The van der Waals surface area contributed by atoms with E-state index >= 15 is 0 Å². The van der Waals surface area contributed by atoms with Crippen LogP contribution in [0.15, 0.2) is 24.3 Å². The van der Waals surface area contributed by atoms with Gasteiger partial charge in [0.2, 0.25) is 11.8 Å². The van der Waals surface area contributed by atoms with Crippen LogP contribution in [0.3, 0.4) is 0 Å². The summed E-state index contributed by atoms with van der Waals surface area (Å²) >= 11 is 0. The molecule has 5 heteroatoms. The van der Waals surface area contributed by atoms with Crippen LogP contribution in [0, 0.1) is 5.92 Å². The van der Waals surface area contributed by atoms with Crippen LogP contribution >= 0.6 is 0 Å². The van der Waals surface area contributed by atoms with Gasteiger partial charge in [0.05, 0.1) is 7.11 Å². The molecular weight excluding hydrogens is 340 g/mol. The van der Waals surface area contributed by atoms with E-state index in [0.717, 1.165) is 37.2 Å². The van der Waals surface area contributed by atoms with Crippen molar-refractivity contribution in [3.63, 3.8) is 0 Å². The summed E-state index contributed by atoms with van der Waals surface area (Å²) in [6, 6.07) is 7.88. The standard InChI is InChI=1S/C22H32N2O3/c1-27-20-10-7-18(8-11-20)9-12-21(25)23-13-4-14-24(16-15-23)22(26)17-19-5-2-3-6-19/h7-8,10-11,19H,2-6,9,12-17H2,1H3. The minimum atomic E-state index is 0.191.